The van der Waals surface area contributed by atoms with Crippen LogP contribution < -0.4 is 5.01 Å². The molecule has 1 fully saturated rings. The van der Waals surface area contributed by atoms with Crippen LogP contribution in [0, 0.1) is 11.8 Å². The van der Waals surface area contributed by atoms with Crippen LogP contribution in [-0.4, -0.2) is 29.6 Å². The molecule has 2 aromatic rings. The number of rotatable bonds is 3. The summed E-state index contributed by atoms with van der Waals surface area (Å²) in [6.07, 6.45) is 6.09. The third-order valence-electron chi connectivity index (χ3n) is 6.17. The van der Waals surface area contributed by atoms with E-state index < -0.39 is 0 Å². The summed E-state index contributed by atoms with van der Waals surface area (Å²) in [6.45, 7) is 1.59. The van der Waals surface area contributed by atoms with Gasteiger partial charge in [0.05, 0.1) is 16.8 Å². The van der Waals surface area contributed by atoms with Crippen molar-refractivity contribution in [2.24, 2.45) is 16.9 Å². The monoisotopic (exact) mass is 503 g/mol. The van der Waals surface area contributed by atoms with Gasteiger partial charge in [0.25, 0.3) is 5.91 Å². The van der Waals surface area contributed by atoms with Crippen LogP contribution in [0.5, 0.6) is 0 Å². The highest BCUT2D eigenvalue weighted by Crippen LogP contribution is 2.41. The minimum absolute atomic E-state index is 0.0347. The van der Waals surface area contributed by atoms with Crippen molar-refractivity contribution in [3.8, 4) is 0 Å². The van der Waals surface area contributed by atoms with Crippen LogP contribution in [0.3, 0.4) is 0 Å². The molecule has 1 saturated heterocycles. The lowest BCUT2D eigenvalue weighted by Gasteiger charge is -2.25. The molecular weight excluding hydrogens is 485 g/mol. The van der Waals surface area contributed by atoms with Gasteiger partial charge in [-0.3, -0.25) is 9.80 Å². The largest absolute Gasteiger partial charge is 0.337 e. The van der Waals surface area contributed by atoms with Crippen molar-refractivity contribution in [1.82, 2.24) is 4.90 Å². The zero-order chi connectivity index (χ0) is 20.8. The van der Waals surface area contributed by atoms with Crippen molar-refractivity contribution in [3.63, 3.8) is 0 Å². The smallest absolute Gasteiger partial charge is 0.270 e. The summed E-state index contributed by atoms with van der Waals surface area (Å²) in [7, 11) is 0. The molecule has 154 valence electrons. The maximum atomic E-state index is 13.3. The quantitative estimate of drug-likeness (QED) is 0.473. The number of hydrogen-bond acceptors (Lipinski definition) is 3. The molecule has 0 saturated carbocycles. The maximum absolute atomic E-state index is 13.3. The molecule has 0 N–H and O–H groups in total. The molecule has 0 aromatic heterocycles. The Balaban J connectivity index is 1.47. The lowest BCUT2D eigenvalue weighted by molar-refractivity contribution is -0.123. The van der Waals surface area contributed by atoms with Crippen molar-refractivity contribution >= 4 is 56.4 Å². The molecule has 3 atom stereocenters. The number of nitrogens with zero attached hydrogens (tertiary/aromatic N) is 3. The first-order valence-corrected chi connectivity index (χ1v) is 11.6. The number of fused-ring (bicyclic) bond motifs is 1. The van der Waals surface area contributed by atoms with Crippen LogP contribution in [0.15, 0.2) is 64.2 Å². The van der Waals surface area contributed by atoms with Gasteiger partial charge in [0, 0.05) is 29.0 Å². The summed E-state index contributed by atoms with van der Waals surface area (Å²) in [6, 6.07) is 13.4. The van der Waals surface area contributed by atoms with Crippen molar-refractivity contribution in [2.75, 3.05) is 18.1 Å². The Morgan fingerprint density at radius 3 is 2.63 bits per heavy atom. The molecule has 30 heavy (non-hydrogen) atoms. The number of hydrogen-bond donors (Lipinski definition) is 0. The van der Waals surface area contributed by atoms with Gasteiger partial charge in [-0.2, -0.15) is 5.10 Å². The van der Waals surface area contributed by atoms with Crippen LogP contribution in [0.25, 0.3) is 0 Å². The number of carbonyl (C=O) groups excluding carboxylic acids is 1. The number of likely N-dealkylation sites (tertiary alicyclic amines) is 1. The first kappa shape index (κ1) is 20.1. The van der Waals surface area contributed by atoms with Gasteiger partial charge in [0.1, 0.15) is 5.71 Å². The minimum Gasteiger partial charge on any atom is -0.337 e. The number of amides is 1. The average Bonchev–Trinajstić information content (AvgIpc) is 3.43. The molecule has 2 heterocycles. The molecule has 7 heteroatoms. The van der Waals surface area contributed by atoms with Crippen molar-refractivity contribution in [2.45, 2.75) is 18.9 Å². The fraction of sp³-hybridized carbons (Fsp3) is 0.304. The van der Waals surface area contributed by atoms with Gasteiger partial charge in [-0.1, -0.05) is 63.4 Å². The zero-order valence-electron chi connectivity index (χ0n) is 16.1. The van der Waals surface area contributed by atoms with Crippen LogP contribution >= 0.6 is 39.1 Å². The van der Waals surface area contributed by atoms with Crippen LogP contribution in [0.2, 0.25) is 10.0 Å². The van der Waals surface area contributed by atoms with E-state index in [4.69, 9.17) is 28.3 Å². The first-order valence-electron chi connectivity index (χ1n) is 10.0. The Morgan fingerprint density at radius 1 is 1.10 bits per heavy atom. The van der Waals surface area contributed by atoms with Gasteiger partial charge in [0.2, 0.25) is 0 Å². The fourth-order valence-corrected chi connectivity index (χ4v) is 5.37. The fourth-order valence-electron chi connectivity index (χ4n) is 4.61. The molecule has 4 nitrogen and oxygen atoms in total. The molecule has 0 spiro atoms. The highest BCUT2D eigenvalue weighted by Gasteiger charge is 2.40. The van der Waals surface area contributed by atoms with E-state index in [1.807, 2.05) is 28.1 Å². The molecule has 3 unspecified atom stereocenters. The van der Waals surface area contributed by atoms with Crippen molar-refractivity contribution in [1.29, 1.82) is 0 Å². The van der Waals surface area contributed by atoms with E-state index in [0.717, 1.165) is 35.2 Å². The predicted octanol–water partition coefficient (Wildman–Crippen LogP) is 6.10. The highest BCUT2D eigenvalue weighted by atomic mass is 79.9. The minimum atomic E-state index is -0.0993. The Morgan fingerprint density at radius 2 is 1.90 bits per heavy atom. The summed E-state index contributed by atoms with van der Waals surface area (Å²) in [5.41, 5.74) is 2.41. The number of carbonyl (C=O) groups is 1. The summed E-state index contributed by atoms with van der Waals surface area (Å²) in [4.78, 5) is 15.3. The van der Waals surface area contributed by atoms with E-state index in [2.05, 4.69) is 40.2 Å². The Hall–Kier alpha value is -1.82. The van der Waals surface area contributed by atoms with Gasteiger partial charge in [0.15, 0.2) is 0 Å². The van der Waals surface area contributed by atoms with Gasteiger partial charge in [-0.25, -0.2) is 0 Å². The summed E-state index contributed by atoms with van der Waals surface area (Å²) < 4.78 is 1.01. The molecule has 5 rings (SSSR count). The van der Waals surface area contributed by atoms with E-state index >= 15 is 0 Å². The highest BCUT2D eigenvalue weighted by molar-refractivity contribution is 9.10. The molecule has 1 amide bonds. The molecule has 2 aromatic carbocycles. The maximum Gasteiger partial charge on any atom is 0.270 e. The molecule has 0 bridgehead atoms. The van der Waals surface area contributed by atoms with E-state index in [0.29, 0.717) is 34.0 Å². The third-order valence-corrected chi connectivity index (χ3v) is 7.24. The second-order valence-electron chi connectivity index (χ2n) is 8.06. The van der Waals surface area contributed by atoms with Crippen LogP contribution in [0.4, 0.5) is 5.69 Å². The third kappa shape index (κ3) is 3.68. The lowest BCUT2D eigenvalue weighted by Crippen LogP contribution is -2.34. The van der Waals surface area contributed by atoms with Gasteiger partial charge >= 0.3 is 0 Å². The molecule has 1 aliphatic carbocycles. The number of benzene rings is 2. The zero-order valence-corrected chi connectivity index (χ0v) is 19.2. The number of halogens is 3. The van der Waals surface area contributed by atoms with Crippen molar-refractivity contribution < 1.29 is 4.79 Å². The Labute approximate surface area is 194 Å². The average molecular weight is 505 g/mol. The molecule has 3 aliphatic rings. The lowest BCUT2D eigenvalue weighted by atomic mass is 10.0. The number of anilines is 1. The molecular formula is C23H20BrCl2N3O. The number of hydrazone groups is 1. The van der Waals surface area contributed by atoms with E-state index in [1.54, 1.807) is 12.1 Å². The normalized spacial score (nSPS) is 25.0. The van der Waals surface area contributed by atoms with E-state index in [-0.39, 0.29) is 11.9 Å². The summed E-state index contributed by atoms with van der Waals surface area (Å²) in [5, 5.41) is 7.72. The summed E-state index contributed by atoms with van der Waals surface area (Å²) >= 11 is 16.1. The summed E-state index contributed by atoms with van der Waals surface area (Å²) in [5.74, 6) is 1.08. The van der Waals surface area contributed by atoms with Crippen LogP contribution in [-0.2, 0) is 4.79 Å². The standard InChI is InChI=1S/C23H20BrCl2N3O/c24-17-6-4-14(5-7-17)22-11-20(23(30)28-12-15-2-1-3-16(15)13-28)27-29(22)21-9-8-18(25)10-19(21)26/h1-2,4-10,15-16,22H,3,11-13H2. The Kier molecular flexibility index (Phi) is 5.38. The second-order valence-corrected chi connectivity index (χ2v) is 9.82. The van der Waals surface area contributed by atoms with Crippen LogP contribution in [0.1, 0.15) is 24.4 Å². The Bertz CT molecular complexity index is 1050. The van der Waals surface area contributed by atoms with E-state index in [1.165, 1.54) is 0 Å². The van der Waals surface area contributed by atoms with Gasteiger partial charge in [-0.05, 0) is 54.2 Å². The first-order chi connectivity index (χ1) is 14.5. The topological polar surface area (TPSA) is 35.9 Å². The SMILES string of the molecule is O=C(C1=NN(c2ccc(Cl)cc2Cl)C(c2ccc(Br)cc2)C1)N1CC2C=CCC2C1. The second kappa shape index (κ2) is 8.03. The van der Waals surface area contributed by atoms with Gasteiger partial charge < -0.3 is 4.90 Å². The predicted molar refractivity (Wildman–Crippen MR) is 125 cm³/mol. The van der Waals surface area contributed by atoms with Gasteiger partial charge in [-0.15, -0.1) is 0 Å². The molecule has 2 aliphatic heterocycles. The van der Waals surface area contributed by atoms with Crippen molar-refractivity contribution in [3.05, 3.63) is 74.7 Å². The molecule has 0 radical (unpaired) electrons. The van der Waals surface area contributed by atoms with E-state index in [9.17, 15) is 4.79 Å². The number of allylic oxidation sites excluding steroid dienone is 1.